The smallest absolute Gasteiger partial charge is 0.274 e. The molecule has 0 fully saturated rings. The number of rotatable bonds is 5. The highest BCUT2D eigenvalue weighted by molar-refractivity contribution is 5.99. The van der Waals surface area contributed by atoms with E-state index in [0.29, 0.717) is 5.75 Å². The number of benzene rings is 1. The number of hydrogen-bond acceptors (Lipinski definition) is 3. The summed E-state index contributed by atoms with van der Waals surface area (Å²) in [6, 6.07) is 11.1. The van der Waals surface area contributed by atoms with Crippen LogP contribution in [-0.4, -0.2) is 34.3 Å². The van der Waals surface area contributed by atoms with Crippen LogP contribution in [0.25, 0.3) is 0 Å². The molecule has 0 aliphatic rings. The zero-order valence-electron chi connectivity index (χ0n) is 15.3. The number of ether oxygens (including phenoxy) is 1. The third-order valence-electron chi connectivity index (χ3n) is 4.14. The van der Waals surface area contributed by atoms with E-state index in [2.05, 4.69) is 4.98 Å². The van der Waals surface area contributed by atoms with Crippen molar-refractivity contribution in [1.82, 2.24) is 9.88 Å². The van der Waals surface area contributed by atoms with Gasteiger partial charge in [0, 0.05) is 18.7 Å². The van der Waals surface area contributed by atoms with Crippen LogP contribution in [0.2, 0.25) is 0 Å². The minimum Gasteiger partial charge on any atom is -0.484 e. The van der Waals surface area contributed by atoms with Crippen molar-refractivity contribution in [2.45, 2.75) is 39.3 Å². The molecule has 0 saturated heterocycles. The Hall–Kier alpha value is -2.76. The molecule has 1 heterocycles. The summed E-state index contributed by atoms with van der Waals surface area (Å²) < 4.78 is 5.96. The predicted molar refractivity (Wildman–Crippen MR) is 96.6 cm³/mol. The van der Waals surface area contributed by atoms with Crippen LogP contribution in [0, 0.1) is 0 Å². The van der Waals surface area contributed by atoms with Crippen LogP contribution in [0.4, 0.5) is 0 Å². The number of carbonyl (C=O) groups is 2. The second kappa shape index (κ2) is 7.01. The van der Waals surface area contributed by atoms with Crippen molar-refractivity contribution in [3.05, 3.63) is 53.3 Å². The first-order chi connectivity index (χ1) is 11.6. The van der Waals surface area contributed by atoms with Crippen molar-refractivity contribution in [1.29, 1.82) is 0 Å². The molecule has 3 N–H and O–H groups in total. The highest BCUT2D eigenvalue weighted by Gasteiger charge is 2.28. The Morgan fingerprint density at radius 2 is 1.80 bits per heavy atom. The zero-order chi connectivity index (χ0) is 18.8. The lowest BCUT2D eigenvalue weighted by Crippen LogP contribution is -2.42. The number of nitrogens with zero attached hydrogens (tertiary/aromatic N) is 1. The van der Waals surface area contributed by atoms with Gasteiger partial charge >= 0.3 is 0 Å². The number of H-pyrrole nitrogens is 1. The molecule has 1 unspecified atom stereocenters. The number of nitrogens with one attached hydrogen (secondary N) is 1. The maximum atomic E-state index is 12.8. The molecule has 6 heteroatoms. The molecule has 0 aliphatic carbocycles. The van der Waals surface area contributed by atoms with E-state index in [-0.39, 0.29) is 28.9 Å². The van der Waals surface area contributed by atoms with Crippen LogP contribution in [-0.2, 0) is 0 Å². The minimum absolute atomic E-state index is 0.140. The molecular formula is C19H25N3O3. The third kappa shape index (κ3) is 4.21. The fourth-order valence-corrected chi connectivity index (χ4v) is 2.28. The van der Waals surface area contributed by atoms with E-state index in [9.17, 15) is 9.59 Å². The first-order valence-corrected chi connectivity index (χ1v) is 8.14. The lowest BCUT2D eigenvalue weighted by molar-refractivity contribution is 0.0643. The van der Waals surface area contributed by atoms with Gasteiger partial charge in [0.15, 0.2) is 5.75 Å². The number of primary amides is 1. The fraction of sp³-hybridized carbons (Fsp3) is 0.368. The summed E-state index contributed by atoms with van der Waals surface area (Å²) in [4.78, 5) is 28.7. The molecule has 0 bridgehead atoms. The van der Waals surface area contributed by atoms with Gasteiger partial charge in [0.2, 0.25) is 0 Å². The van der Waals surface area contributed by atoms with Crippen LogP contribution in [0.5, 0.6) is 5.75 Å². The van der Waals surface area contributed by atoms with Gasteiger partial charge < -0.3 is 20.4 Å². The van der Waals surface area contributed by atoms with Gasteiger partial charge in [0.05, 0.1) is 0 Å². The number of carbonyl (C=O) groups excluding carboxylic acids is 2. The Balaban J connectivity index is 2.37. The molecule has 0 spiro atoms. The summed E-state index contributed by atoms with van der Waals surface area (Å²) in [6.07, 6.45) is -0.288. The average molecular weight is 343 g/mol. The SMILES string of the molecule is CC(Oc1cc(C(N)=O)[nH]c1C(=O)N(C)C(C)(C)C)c1ccccc1. The van der Waals surface area contributed by atoms with Crippen molar-refractivity contribution < 1.29 is 14.3 Å². The highest BCUT2D eigenvalue weighted by atomic mass is 16.5. The fourth-order valence-electron chi connectivity index (χ4n) is 2.28. The summed E-state index contributed by atoms with van der Waals surface area (Å²) in [7, 11) is 1.71. The molecule has 25 heavy (non-hydrogen) atoms. The molecule has 0 saturated carbocycles. The van der Waals surface area contributed by atoms with Crippen molar-refractivity contribution in [2.75, 3.05) is 7.05 Å². The van der Waals surface area contributed by atoms with E-state index in [1.807, 2.05) is 58.0 Å². The lowest BCUT2D eigenvalue weighted by atomic mass is 10.1. The van der Waals surface area contributed by atoms with Crippen LogP contribution >= 0.6 is 0 Å². The normalized spacial score (nSPS) is 12.5. The van der Waals surface area contributed by atoms with Gasteiger partial charge in [-0.15, -0.1) is 0 Å². The first kappa shape index (κ1) is 18.6. The van der Waals surface area contributed by atoms with E-state index in [4.69, 9.17) is 10.5 Å². The number of aromatic amines is 1. The monoisotopic (exact) mass is 343 g/mol. The van der Waals surface area contributed by atoms with E-state index in [1.165, 1.54) is 6.07 Å². The second-order valence-corrected chi connectivity index (χ2v) is 6.99. The molecule has 1 aromatic heterocycles. The van der Waals surface area contributed by atoms with Gasteiger partial charge in [0.25, 0.3) is 11.8 Å². The largest absolute Gasteiger partial charge is 0.484 e. The standard InChI is InChI=1S/C19H25N3O3/c1-12(13-9-7-6-8-10-13)25-15-11-14(17(20)23)21-16(15)18(24)22(5)19(2,3)4/h6-12,21H,1-5H3,(H2,20,23). The highest BCUT2D eigenvalue weighted by Crippen LogP contribution is 2.28. The summed E-state index contributed by atoms with van der Waals surface area (Å²) in [5.41, 5.74) is 6.29. The van der Waals surface area contributed by atoms with E-state index in [1.54, 1.807) is 11.9 Å². The van der Waals surface area contributed by atoms with Gasteiger partial charge in [-0.25, -0.2) is 0 Å². The Labute approximate surface area is 148 Å². The number of hydrogen-bond donors (Lipinski definition) is 2. The Morgan fingerprint density at radius 3 is 2.32 bits per heavy atom. The van der Waals surface area contributed by atoms with Gasteiger partial charge in [-0.05, 0) is 33.3 Å². The Kier molecular flexibility index (Phi) is 5.21. The van der Waals surface area contributed by atoms with Crippen LogP contribution in [0.1, 0.15) is 60.3 Å². The van der Waals surface area contributed by atoms with Gasteiger partial charge in [-0.2, -0.15) is 0 Å². The van der Waals surface area contributed by atoms with Gasteiger partial charge in [-0.3, -0.25) is 9.59 Å². The number of amides is 2. The summed E-state index contributed by atoms with van der Waals surface area (Å²) >= 11 is 0. The molecule has 0 radical (unpaired) electrons. The van der Waals surface area contributed by atoms with E-state index in [0.717, 1.165) is 5.56 Å². The molecule has 134 valence electrons. The molecular weight excluding hydrogens is 318 g/mol. The predicted octanol–water partition coefficient (Wildman–Crippen LogP) is 3.12. The van der Waals surface area contributed by atoms with Crippen LogP contribution in [0.3, 0.4) is 0 Å². The van der Waals surface area contributed by atoms with Crippen LogP contribution < -0.4 is 10.5 Å². The van der Waals surface area contributed by atoms with E-state index < -0.39 is 5.91 Å². The molecule has 2 rings (SSSR count). The lowest BCUT2D eigenvalue weighted by Gasteiger charge is -2.32. The summed E-state index contributed by atoms with van der Waals surface area (Å²) in [6.45, 7) is 7.66. The van der Waals surface area contributed by atoms with E-state index >= 15 is 0 Å². The summed E-state index contributed by atoms with van der Waals surface area (Å²) in [5, 5.41) is 0. The molecule has 1 aromatic carbocycles. The number of nitrogens with two attached hydrogens (primary N) is 1. The average Bonchev–Trinajstić information content (AvgIpc) is 2.97. The van der Waals surface area contributed by atoms with Crippen molar-refractivity contribution in [3.63, 3.8) is 0 Å². The van der Waals surface area contributed by atoms with Crippen molar-refractivity contribution in [2.24, 2.45) is 5.73 Å². The third-order valence-corrected chi connectivity index (χ3v) is 4.14. The second-order valence-electron chi connectivity index (χ2n) is 6.99. The van der Waals surface area contributed by atoms with Gasteiger partial charge in [-0.1, -0.05) is 30.3 Å². The molecule has 2 amide bonds. The number of aromatic nitrogens is 1. The molecule has 2 aromatic rings. The Bertz CT molecular complexity index is 760. The van der Waals surface area contributed by atoms with Crippen molar-refractivity contribution in [3.8, 4) is 5.75 Å². The van der Waals surface area contributed by atoms with Gasteiger partial charge in [0.1, 0.15) is 17.5 Å². The summed E-state index contributed by atoms with van der Waals surface area (Å²) in [5.74, 6) is -0.601. The first-order valence-electron chi connectivity index (χ1n) is 8.14. The Morgan fingerprint density at radius 1 is 1.20 bits per heavy atom. The maximum absolute atomic E-state index is 12.8. The van der Waals surface area contributed by atoms with Crippen molar-refractivity contribution >= 4 is 11.8 Å². The quantitative estimate of drug-likeness (QED) is 0.874. The maximum Gasteiger partial charge on any atom is 0.274 e. The zero-order valence-corrected chi connectivity index (χ0v) is 15.3. The molecule has 0 aliphatic heterocycles. The molecule has 6 nitrogen and oxygen atoms in total. The molecule has 1 atom stereocenters. The topological polar surface area (TPSA) is 88.4 Å². The van der Waals surface area contributed by atoms with Crippen LogP contribution in [0.15, 0.2) is 36.4 Å². The minimum atomic E-state index is -0.644.